The molecule has 11 rings (SSSR count). The zero-order chi connectivity index (χ0) is 64.5. The van der Waals surface area contributed by atoms with Gasteiger partial charge in [0, 0.05) is 89.8 Å². The smallest absolute Gasteiger partial charge is 0.478 e. The summed E-state index contributed by atoms with van der Waals surface area (Å²) in [6.07, 6.45) is 9.05. The van der Waals surface area contributed by atoms with Crippen LogP contribution in [0, 0.1) is 0 Å². The van der Waals surface area contributed by atoms with Gasteiger partial charge in [-0.15, -0.1) is 0 Å². The Labute approximate surface area is 543 Å². The third kappa shape index (κ3) is 17.4. The summed E-state index contributed by atoms with van der Waals surface area (Å²) in [5, 5.41) is 19.6. The van der Waals surface area contributed by atoms with E-state index in [4.69, 9.17) is 62.4 Å². The van der Waals surface area contributed by atoms with Crippen molar-refractivity contribution in [3.8, 4) is 11.5 Å². The topological polar surface area (TPSA) is 348 Å². The molecule has 0 aliphatic carbocycles. The van der Waals surface area contributed by atoms with Crippen molar-refractivity contribution in [1.82, 2.24) is 34.7 Å². The predicted molar refractivity (Wildman–Crippen MR) is 348 cm³/mol. The first-order chi connectivity index (χ1) is 44.4. The van der Waals surface area contributed by atoms with E-state index >= 15 is 0 Å². The van der Waals surface area contributed by atoms with Gasteiger partial charge in [-0.1, -0.05) is 58.8 Å². The molecule has 2 aromatic heterocycles. The van der Waals surface area contributed by atoms with E-state index in [2.05, 4.69) is 51.5 Å². The molecule has 0 saturated carbocycles. The Bertz CT molecular complexity index is 3560. The monoisotopic (exact) mass is 1370 g/mol. The molecule has 6 aliphatic rings. The van der Waals surface area contributed by atoms with Crippen LogP contribution in [0.5, 0.6) is 11.5 Å². The van der Waals surface area contributed by atoms with Crippen molar-refractivity contribution in [2.75, 3.05) is 109 Å². The number of rotatable bonds is 33. The van der Waals surface area contributed by atoms with Gasteiger partial charge in [0.15, 0.2) is 11.5 Å². The maximum absolute atomic E-state index is 13.3. The summed E-state index contributed by atoms with van der Waals surface area (Å²) in [5.74, 6) is 0.766. The van der Waals surface area contributed by atoms with Crippen molar-refractivity contribution >= 4 is 87.1 Å². The number of amides is 1. The van der Waals surface area contributed by atoms with E-state index in [-0.39, 0.29) is 61.2 Å². The third-order valence-electron chi connectivity index (χ3n) is 16.4. The molecule has 5 aromatic rings. The van der Waals surface area contributed by atoms with Crippen molar-refractivity contribution in [1.29, 1.82) is 0 Å². The van der Waals surface area contributed by atoms with Crippen molar-refractivity contribution < 1.29 is 85.5 Å². The lowest BCUT2D eigenvalue weighted by Gasteiger charge is -2.39. The summed E-state index contributed by atoms with van der Waals surface area (Å²) in [7, 11) is -7.88. The molecular weight excluding hydrogens is 1290 g/mol. The second kappa shape index (κ2) is 31.7. The van der Waals surface area contributed by atoms with Crippen LogP contribution in [-0.4, -0.2) is 182 Å². The molecule has 4 unspecified atom stereocenters. The quantitative estimate of drug-likeness (QED) is 0.00837. The summed E-state index contributed by atoms with van der Waals surface area (Å²) in [6, 6.07) is 10.5. The molecule has 0 spiro atoms. The van der Waals surface area contributed by atoms with Crippen molar-refractivity contribution in [3.63, 3.8) is 0 Å². The maximum Gasteiger partial charge on any atom is 0.575 e. The first-order valence-corrected chi connectivity index (χ1v) is 37.1. The van der Waals surface area contributed by atoms with E-state index in [1.807, 2.05) is 39.0 Å². The van der Waals surface area contributed by atoms with E-state index < -0.39 is 55.2 Å². The molecule has 1 fully saturated rings. The molecule has 6 aliphatic heterocycles. The SMILES string of the molecule is CC(C)(C)SSC(CNC(=O)CCOCCOCCOCCOCCNCc1ccc(C2=c3cc4c5c(c3Oc3c2cc2c6c3CCCN6CCC2)CCC[N+]=5CCC4)c(C(=O)O)c1)OC1C[C@H](n2cnc3c(N)ncnc32)O[C@@H]1COP(O)OP(O)O[P+](O)(O)O. The zero-order valence-electron chi connectivity index (χ0n) is 51.7. The number of carboxylic acids is 1. The number of hydrogen-bond acceptors (Lipinski definition) is 25. The van der Waals surface area contributed by atoms with E-state index in [0.717, 1.165) is 117 Å². The second-order valence-electron chi connectivity index (χ2n) is 24.0. The van der Waals surface area contributed by atoms with Crippen molar-refractivity contribution in [3.05, 3.63) is 98.1 Å². The number of carbonyl (C=O) groups excluding carboxylic acids is 1. The van der Waals surface area contributed by atoms with Crippen LogP contribution in [0.15, 0.2) is 43.0 Å². The van der Waals surface area contributed by atoms with Gasteiger partial charge in [0.25, 0.3) is 0 Å². The highest BCUT2D eigenvalue weighted by Crippen LogP contribution is 2.62. The van der Waals surface area contributed by atoms with Crippen LogP contribution in [0.25, 0.3) is 16.7 Å². The fraction of sp³-hybridized carbons (Fsp3) is 0.567. The summed E-state index contributed by atoms with van der Waals surface area (Å²) in [4.78, 5) is 89.0. The number of hydrogen-bond donors (Lipinski definition) is 9. The Hall–Kier alpha value is -4.39. The second-order valence-corrected chi connectivity index (χ2v) is 30.7. The van der Waals surface area contributed by atoms with Gasteiger partial charge in [-0.2, -0.15) is 14.7 Å². The number of benzene rings is 3. The highest BCUT2D eigenvalue weighted by molar-refractivity contribution is 8.77. The van der Waals surface area contributed by atoms with Crippen LogP contribution in [0.3, 0.4) is 0 Å². The molecule has 1 amide bonds. The minimum atomic E-state index is -4.87. The molecule has 3 aromatic carbocycles. The Kier molecular flexibility index (Phi) is 23.7. The number of carboxylic acid groups (broad SMARTS) is 1. The summed E-state index contributed by atoms with van der Waals surface area (Å²) >= 11 is 0. The lowest BCUT2D eigenvalue weighted by atomic mass is 9.81. The third-order valence-corrected chi connectivity index (χ3v) is 22.8. The summed E-state index contributed by atoms with van der Waals surface area (Å²) in [5.41, 5.74) is 16.6. The van der Waals surface area contributed by atoms with Gasteiger partial charge in [0.1, 0.15) is 54.2 Å². The number of aromatic nitrogens is 4. The molecule has 32 heteroatoms. The summed E-state index contributed by atoms with van der Waals surface area (Å²) < 4.78 is 61.4. The van der Waals surface area contributed by atoms with Crippen LogP contribution >= 0.6 is 47.0 Å². The zero-order valence-corrected chi connectivity index (χ0v) is 56.1. The molecule has 0 radical (unpaired) electrons. The van der Waals surface area contributed by atoms with Crippen molar-refractivity contribution in [2.24, 2.45) is 0 Å². The van der Waals surface area contributed by atoms with E-state index in [9.17, 15) is 24.5 Å². The number of aryl methyl sites for hydroxylation is 2. The fourth-order valence-corrected chi connectivity index (χ4v) is 16.9. The van der Waals surface area contributed by atoms with Gasteiger partial charge < -0.3 is 73.8 Å². The Morgan fingerprint density at radius 1 is 0.859 bits per heavy atom. The molecule has 1 saturated heterocycles. The highest BCUT2D eigenvalue weighted by atomic mass is 33.1. The standard InChI is InChI=1S/C60H80N9O18P3S2/c1-60(2,3)92-91-50(84-46-31-49(69-36-66-52-57(61)64-35-65-58(52)69)83-47(46)34-82-88(73)86-89(74)87-90(75,76)77)33-63-48(70)14-20-78-22-24-80-26-27-81-25-23-79-21-15-62-32-37-12-13-40(43(28-37)59(71)72)51-44-29-38-8-4-16-67-18-6-10-41(53(38)67)55(44)85-56-42-11-7-19-68-17-5-9-39(54(42)68)30-45(51)56/h12-13,28-30,35-36,46-47,49-50,62,73-77H,4-11,14-27,31-34H2,1-3H3,(H2-2,61,63,64,65,70,71,72)/p+2/t46?,47-,49-,50?,88?,89?/m1/s1. The molecule has 500 valence electrons. The average Bonchev–Trinajstić information content (AvgIpc) is 0.861. The largest absolute Gasteiger partial charge is 0.575 e. The lowest BCUT2D eigenvalue weighted by molar-refractivity contribution is -0.123. The van der Waals surface area contributed by atoms with Gasteiger partial charge in [0.05, 0.1) is 89.6 Å². The molecule has 0 bridgehead atoms. The molecule has 6 atom stereocenters. The van der Waals surface area contributed by atoms with Crippen LogP contribution in [-0.2, 0) is 78.6 Å². The Morgan fingerprint density at radius 3 is 2.33 bits per heavy atom. The van der Waals surface area contributed by atoms with E-state index in [1.54, 1.807) is 15.4 Å². The highest BCUT2D eigenvalue weighted by Gasteiger charge is 2.44. The molecule has 8 heterocycles. The molecule has 92 heavy (non-hydrogen) atoms. The normalized spacial score (nSPS) is 19.5. The Balaban J connectivity index is 0.590. The number of ether oxygens (including phenoxy) is 7. The maximum atomic E-state index is 13.3. The van der Waals surface area contributed by atoms with Gasteiger partial charge in [-0.05, 0) is 73.4 Å². The number of carbonyl (C=O) groups is 2. The number of nitrogens with one attached hydrogen (secondary N) is 2. The minimum absolute atomic E-state index is 0.0811. The van der Waals surface area contributed by atoms with E-state index in [0.29, 0.717) is 63.9 Å². The predicted octanol–water partition coefficient (Wildman–Crippen LogP) is 5.23. The van der Waals surface area contributed by atoms with Crippen LogP contribution in [0.4, 0.5) is 11.5 Å². The lowest BCUT2D eigenvalue weighted by Crippen LogP contribution is -2.45. The van der Waals surface area contributed by atoms with Gasteiger partial charge >= 0.3 is 31.3 Å². The van der Waals surface area contributed by atoms with Crippen LogP contribution < -0.4 is 41.2 Å². The Morgan fingerprint density at radius 2 is 1.58 bits per heavy atom. The van der Waals surface area contributed by atoms with Gasteiger partial charge in [-0.3, -0.25) is 9.36 Å². The van der Waals surface area contributed by atoms with Crippen LogP contribution in [0.2, 0.25) is 0 Å². The number of nitrogens with zero attached hydrogens (tertiary/aromatic N) is 6. The van der Waals surface area contributed by atoms with Gasteiger partial charge in [0.2, 0.25) is 11.3 Å². The number of nitrogens with two attached hydrogens (primary N) is 1. The number of fused-ring (bicyclic) bond motifs is 5. The number of imidazole rings is 1. The molecule has 10 N–H and O–H groups in total. The number of aromatic carboxylic acids is 1. The average molecular weight is 1370 g/mol. The number of anilines is 2. The molecule has 27 nitrogen and oxygen atoms in total. The van der Waals surface area contributed by atoms with Crippen molar-refractivity contribution in [2.45, 2.75) is 120 Å². The van der Waals surface area contributed by atoms with Gasteiger partial charge in [-0.25, -0.2) is 28.6 Å². The van der Waals surface area contributed by atoms with Crippen LogP contribution in [0.1, 0.15) is 115 Å². The summed E-state index contributed by atoms with van der Waals surface area (Å²) in [6.45, 7) is 13.8. The fourth-order valence-electron chi connectivity index (χ4n) is 12.6. The number of nitrogen functional groups attached to an aromatic ring is 1. The van der Waals surface area contributed by atoms with E-state index in [1.165, 1.54) is 56.7 Å². The minimum Gasteiger partial charge on any atom is -0.478 e. The molecular formula is C60H82N9O18P3S2+2. The first kappa shape index (κ1) is 69.0. The first-order valence-electron chi connectivity index (χ1n) is 31.1.